The molecule has 0 unspecified atom stereocenters. The summed E-state index contributed by atoms with van der Waals surface area (Å²) in [5.74, 6) is 0.624. The third-order valence-corrected chi connectivity index (χ3v) is 4.06. The molecule has 0 radical (unpaired) electrons. The molecule has 2 aromatic heterocycles. The summed E-state index contributed by atoms with van der Waals surface area (Å²) in [5, 5.41) is 0.495. The van der Waals surface area contributed by atoms with Crippen molar-refractivity contribution in [1.29, 1.82) is 0 Å². The van der Waals surface area contributed by atoms with Crippen molar-refractivity contribution in [3.63, 3.8) is 0 Å². The second-order valence-electron chi connectivity index (χ2n) is 4.99. The Hall–Kier alpha value is -0.750. The largest absolute Gasteiger partial charge is 0.264 e. The first-order valence-electron chi connectivity index (χ1n) is 5.53. The van der Waals surface area contributed by atoms with Gasteiger partial charge in [0.15, 0.2) is 5.82 Å². The van der Waals surface area contributed by atoms with E-state index in [1.165, 1.54) is 0 Å². The molecule has 0 aliphatic heterocycles. The molecule has 0 aliphatic carbocycles. The zero-order valence-corrected chi connectivity index (χ0v) is 13.3. The molecule has 0 saturated heterocycles. The summed E-state index contributed by atoms with van der Waals surface area (Å²) >= 11 is 8.39. The lowest BCUT2D eigenvalue weighted by Crippen LogP contribution is -2.17. The van der Waals surface area contributed by atoms with Gasteiger partial charge in [-0.05, 0) is 34.7 Å². The molecule has 18 heavy (non-hydrogen) atoms. The molecule has 5 heteroatoms. The van der Waals surface area contributed by atoms with E-state index in [2.05, 4.69) is 58.3 Å². The molecule has 2 rings (SSSR count). The van der Waals surface area contributed by atoms with Gasteiger partial charge >= 0.3 is 0 Å². The highest BCUT2D eigenvalue weighted by Gasteiger charge is 2.22. The summed E-state index contributed by atoms with van der Waals surface area (Å²) in [6, 6.07) is 3.79. The van der Waals surface area contributed by atoms with Crippen LogP contribution in [0.25, 0.3) is 11.4 Å². The van der Waals surface area contributed by atoms with Gasteiger partial charge in [0, 0.05) is 23.4 Å². The highest BCUT2D eigenvalue weighted by molar-refractivity contribution is 14.1. The van der Waals surface area contributed by atoms with Gasteiger partial charge in [0.2, 0.25) is 0 Å². The van der Waals surface area contributed by atoms with Crippen LogP contribution < -0.4 is 0 Å². The van der Waals surface area contributed by atoms with Crippen LogP contribution in [0.2, 0.25) is 5.15 Å². The lowest BCUT2D eigenvalue weighted by Gasteiger charge is -2.20. The molecule has 2 heterocycles. The van der Waals surface area contributed by atoms with Crippen molar-refractivity contribution in [3.05, 3.63) is 38.9 Å². The summed E-state index contributed by atoms with van der Waals surface area (Å²) in [7, 11) is 0. The zero-order valence-electron chi connectivity index (χ0n) is 10.4. The molecule has 0 spiro atoms. The Morgan fingerprint density at radius 3 is 2.50 bits per heavy atom. The minimum Gasteiger partial charge on any atom is -0.264 e. The predicted octanol–water partition coefficient (Wildman–Crippen LogP) is 4.09. The average Bonchev–Trinajstić information content (AvgIpc) is 2.32. The lowest BCUT2D eigenvalue weighted by molar-refractivity contribution is 0.563. The molecule has 0 atom stereocenters. The third-order valence-electron chi connectivity index (χ3n) is 2.44. The summed E-state index contributed by atoms with van der Waals surface area (Å²) in [6.45, 7) is 6.34. The molecule has 0 aliphatic rings. The molecule has 0 N–H and O–H groups in total. The Labute approximate surface area is 125 Å². The van der Waals surface area contributed by atoms with Crippen molar-refractivity contribution in [2.75, 3.05) is 0 Å². The monoisotopic (exact) mass is 373 g/mol. The molecule has 0 fully saturated rings. The maximum absolute atomic E-state index is 6.20. The summed E-state index contributed by atoms with van der Waals surface area (Å²) in [4.78, 5) is 13.0. The number of rotatable bonds is 1. The molecule has 94 valence electrons. The van der Waals surface area contributed by atoms with Crippen molar-refractivity contribution in [3.8, 4) is 11.4 Å². The first-order chi connectivity index (χ1) is 8.39. The average molecular weight is 374 g/mol. The van der Waals surface area contributed by atoms with E-state index in [0.717, 1.165) is 14.8 Å². The van der Waals surface area contributed by atoms with Crippen LogP contribution in [0.1, 0.15) is 26.5 Å². The van der Waals surface area contributed by atoms with Crippen molar-refractivity contribution >= 4 is 34.2 Å². The van der Waals surface area contributed by atoms with E-state index < -0.39 is 0 Å². The Morgan fingerprint density at radius 2 is 1.94 bits per heavy atom. The van der Waals surface area contributed by atoms with Gasteiger partial charge in [-0.1, -0.05) is 32.4 Å². The van der Waals surface area contributed by atoms with E-state index >= 15 is 0 Å². The molecule has 0 aromatic carbocycles. The van der Waals surface area contributed by atoms with E-state index in [1.807, 2.05) is 12.1 Å². The fourth-order valence-corrected chi connectivity index (χ4v) is 2.76. The van der Waals surface area contributed by atoms with Crippen LogP contribution in [-0.4, -0.2) is 15.0 Å². The van der Waals surface area contributed by atoms with Gasteiger partial charge in [-0.3, -0.25) is 4.98 Å². The predicted molar refractivity (Wildman–Crippen MR) is 81.7 cm³/mol. The molecular weight excluding hydrogens is 361 g/mol. The van der Waals surface area contributed by atoms with Gasteiger partial charge in [0.25, 0.3) is 0 Å². The normalized spacial score (nSPS) is 11.6. The van der Waals surface area contributed by atoms with Gasteiger partial charge in [-0.2, -0.15) is 0 Å². The van der Waals surface area contributed by atoms with Gasteiger partial charge in [0.05, 0.1) is 9.26 Å². The quantitative estimate of drug-likeness (QED) is 0.558. The topological polar surface area (TPSA) is 38.7 Å². The maximum Gasteiger partial charge on any atom is 0.162 e. The fraction of sp³-hybridized carbons (Fsp3) is 0.308. The van der Waals surface area contributed by atoms with Gasteiger partial charge < -0.3 is 0 Å². The first-order valence-corrected chi connectivity index (χ1v) is 6.99. The fourth-order valence-electron chi connectivity index (χ4n) is 1.54. The number of aromatic nitrogens is 3. The molecule has 0 saturated carbocycles. The summed E-state index contributed by atoms with van der Waals surface area (Å²) in [5.41, 5.74) is 1.77. The number of nitrogens with zero attached hydrogens (tertiary/aromatic N) is 3. The Morgan fingerprint density at radius 1 is 1.22 bits per heavy atom. The maximum atomic E-state index is 6.20. The van der Waals surface area contributed by atoms with Gasteiger partial charge in [-0.15, -0.1) is 0 Å². The van der Waals surface area contributed by atoms with Crippen LogP contribution in [0.3, 0.4) is 0 Å². The van der Waals surface area contributed by atoms with E-state index in [4.69, 9.17) is 11.6 Å². The van der Waals surface area contributed by atoms with Crippen molar-refractivity contribution in [2.45, 2.75) is 26.2 Å². The van der Waals surface area contributed by atoms with Crippen LogP contribution in [0.4, 0.5) is 0 Å². The molecule has 0 amide bonds. The first kappa shape index (κ1) is 13.7. The number of hydrogen-bond acceptors (Lipinski definition) is 3. The Bertz CT molecular complexity index is 564. The minimum atomic E-state index is -0.0694. The number of pyridine rings is 1. The van der Waals surface area contributed by atoms with Crippen LogP contribution in [0, 0.1) is 3.57 Å². The molecular formula is C13H13ClIN3. The van der Waals surface area contributed by atoms with E-state index in [9.17, 15) is 0 Å². The Kier molecular flexibility index (Phi) is 3.87. The second-order valence-corrected chi connectivity index (χ2v) is 6.43. The highest BCUT2D eigenvalue weighted by atomic mass is 127. The standard InChI is InChI=1S/C13H13ClIN3/c1-13(2,3)10-9(15)11(14)18-12(17-10)8-5-4-6-16-7-8/h4-7H,1-3H3. The minimum absolute atomic E-state index is 0.0694. The SMILES string of the molecule is CC(C)(C)c1nc(-c2cccnc2)nc(Cl)c1I. The van der Waals surface area contributed by atoms with E-state index in [-0.39, 0.29) is 5.41 Å². The lowest BCUT2D eigenvalue weighted by atomic mass is 9.92. The Balaban J connectivity index is 2.62. The van der Waals surface area contributed by atoms with Crippen molar-refractivity contribution in [2.24, 2.45) is 0 Å². The van der Waals surface area contributed by atoms with Crippen LogP contribution in [0.15, 0.2) is 24.5 Å². The summed E-state index contributed by atoms with van der Waals surface area (Å²) in [6.07, 6.45) is 3.47. The summed E-state index contributed by atoms with van der Waals surface area (Å²) < 4.78 is 0.911. The van der Waals surface area contributed by atoms with E-state index in [0.29, 0.717) is 11.0 Å². The molecule has 3 nitrogen and oxygen atoms in total. The zero-order chi connectivity index (χ0) is 13.3. The van der Waals surface area contributed by atoms with Gasteiger partial charge in [-0.25, -0.2) is 9.97 Å². The van der Waals surface area contributed by atoms with Gasteiger partial charge in [0.1, 0.15) is 5.15 Å². The van der Waals surface area contributed by atoms with Crippen LogP contribution in [0.5, 0.6) is 0 Å². The van der Waals surface area contributed by atoms with Crippen molar-refractivity contribution in [1.82, 2.24) is 15.0 Å². The molecule has 2 aromatic rings. The van der Waals surface area contributed by atoms with Crippen LogP contribution >= 0.6 is 34.2 Å². The van der Waals surface area contributed by atoms with E-state index in [1.54, 1.807) is 12.4 Å². The smallest absolute Gasteiger partial charge is 0.162 e. The number of hydrogen-bond donors (Lipinski definition) is 0. The van der Waals surface area contributed by atoms with Crippen LogP contribution in [-0.2, 0) is 5.41 Å². The van der Waals surface area contributed by atoms with Crippen molar-refractivity contribution < 1.29 is 0 Å². The highest BCUT2D eigenvalue weighted by Crippen LogP contribution is 2.31. The number of halogens is 2. The second kappa shape index (κ2) is 5.09. The molecule has 0 bridgehead atoms. The third kappa shape index (κ3) is 2.80.